The molecule has 0 spiro atoms. The lowest BCUT2D eigenvalue weighted by molar-refractivity contribution is -0.384. The van der Waals surface area contributed by atoms with Gasteiger partial charge in [-0.25, -0.2) is 4.79 Å². The van der Waals surface area contributed by atoms with Gasteiger partial charge in [-0.1, -0.05) is 56.3 Å². The van der Waals surface area contributed by atoms with Crippen molar-refractivity contribution in [1.82, 2.24) is 5.32 Å². The lowest BCUT2D eigenvalue weighted by Gasteiger charge is -2.27. The first-order chi connectivity index (χ1) is 14.4. The Labute approximate surface area is 177 Å². The van der Waals surface area contributed by atoms with E-state index < -0.39 is 17.2 Å². The van der Waals surface area contributed by atoms with Gasteiger partial charge in [-0.3, -0.25) is 15.4 Å². The van der Waals surface area contributed by atoms with Crippen molar-refractivity contribution in [2.75, 3.05) is 6.61 Å². The molecule has 0 aliphatic rings. The maximum atomic E-state index is 12.2. The van der Waals surface area contributed by atoms with Crippen LogP contribution in [0.3, 0.4) is 0 Å². The Hall–Kier alpha value is -2.93. The Balaban J connectivity index is 1.94. The minimum Gasteiger partial charge on any atom is -0.445 e. The zero-order valence-corrected chi connectivity index (χ0v) is 17.7. The molecule has 30 heavy (non-hydrogen) atoms. The van der Waals surface area contributed by atoms with Gasteiger partial charge in [-0.2, -0.15) is 0 Å². The summed E-state index contributed by atoms with van der Waals surface area (Å²) in [6.45, 7) is 6.78. The van der Waals surface area contributed by atoms with Gasteiger partial charge in [-0.05, 0) is 42.7 Å². The average Bonchev–Trinajstić information content (AvgIpc) is 2.73. The number of hydrogen-bond donors (Lipinski definition) is 1. The van der Waals surface area contributed by atoms with E-state index in [1.807, 2.05) is 37.3 Å². The number of carbonyl (C=O) groups excluding carboxylic acids is 1. The summed E-state index contributed by atoms with van der Waals surface area (Å²) in [6, 6.07) is 16.1. The summed E-state index contributed by atoms with van der Waals surface area (Å²) in [6.07, 6.45) is 0.363. The highest BCUT2D eigenvalue weighted by molar-refractivity contribution is 5.67. The number of amides is 1. The standard InChI is InChI=1S/C23H30N2O5/c1-4-29-22(24-23(26)30-16-19-8-6-5-7-9-19)15-20(17(2)3)14-18-10-12-21(13-11-18)25(27)28/h5-13,17,20,22H,4,14-16H2,1-3H3,(H,24,26)/t20-,22?/m0/s1. The van der Waals surface area contributed by atoms with Crippen LogP contribution in [0.5, 0.6) is 0 Å². The van der Waals surface area contributed by atoms with E-state index >= 15 is 0 Å². The van der Waals surface area contributed by atoms with E-state index in [0.29, 0.717) is 18.9 Å². The molecule has 0 bridgehead atoms. The number of alkyl carbamates (subject to hydrolysis) is 1. The molecule has 1 N–H and O–H groups in total. The Bertz CT molecular complexity index is 793. The fourth-order valence-electron chi connectivity index (χ4n) is 3.19. The first-order valence-electron chi connectivity index (χ1n) is 10.2. The minimum absolute atomic E-state index is 0.0786. The third-order valence-corrected chi connectivity index (χ3v) is 4.96. The number of ether oxygens (including phenoxy) is 2. The third kappa shape index (κ3) is 7.83. The second kappa shape index (κ2) is 11.9. The zero-order valence-electron chi connectivity index (χ0n) is 17.7. The van der Waals surface area contributed by atoms with Crippen molar-refractivity contribution >= 4 is 11.8 Å². The van der Waals surface area contributed by atoms with Gasteiger partial charge in [-0.15, -0.1) is 0 Å². The molecule has 0 heterocycles. The van der Waals surface area contributed by atoms with E-state index in [9.17, 15) is 14.9 Å². The Morgan fingerprint density at radius 1 is 1.07 bits per heavy atom. The van der Waals surface area contributed by atoms with Crippen molar-refractivity contribution in [2.45, 2.75) is 46.4 Å². The molecule has 2 aromatic rings. The quantitative estimate of drug-likeness (QED) is 0.314. The largest absolute Gasteiger partial charge is 0.445 e. The van der Waals surface area contributed by atoms with Crippen molar-refractivity contribution in [3.8, 4) is 0 Å². The van der Waals surface area contributed by atoms with E-state index in [1.165, 1.54) is 12.1 Å². The van der Waals surface area contributed by atoms with Crippen LogP contribution in [0.1, 0.15) is 38.3 Å². The van der Waals surface area contributed by atoms with E-state index in [4.69, 9.17) is 9.47 Å². The molecule has 162 valence electrons. The molecule has 0 fully saturated rings. The summed E-state index contributed by atoms with van der Waals surface area (Å²) in [5.74, 6) is 0.558. The summed E-state index contributed by atoms with van der Waals surface area (Å²) < 4.78 is 11.0. The zero-order chi connectivity index (χ0) is 21.9. The molecule has 0 aliphatic carbocycles. The maximum absolute atomic E-state index is 12.2. The highest BCUT2D eigenvalue weighted by atomic mass is 16.6. The molecule has 0 saturated heterocycles. The molecule has 1 unspecified atom stereocenters. The van der Waals surface area contributed by atoms with Crippen molar-refractivity contribution < 1.29 is 19.2 Å². The van der Waals surface area contributed by atoms with Crippen molar-refractivity contribution in [2.24, 2.45) is 11.8 Å². The van der Waals surface area contributed by atoms with Crippen LogP contribution >= 0.6 is 0 Å². The number of nitro benzene ring substituents is 1. The molecule has 0 aromatic heterocycles. The molecule has 0 aliphatic heterocycles. The van der Waals surface area contributed by atoms with Gasteiger partial charge in [0.2, 0.25) is 0 Å². The van der Waals surface area contributed by atoms with Gasteiger partial charge in [0.25, 0.3) is 5.69 Å². The van der Waals surface area contributed by atoms with Gasteiger partial charge in [0, 0.05) is 18.7 Å². The molecule has 2 aromatic carbocycles. The van der Waals surface area contributed by atoms with Crippen molar-refractivity contribution in [3.63, 3.8) is 0 Å². The molecule has 7 heteroatoms. The average molecular weight is 415 g/mol. The van der Waals surface area contributed by atoms with Crippen molar-refractivity contribution in [3.05, 3.63) is 75.8 Å². The smallest absolute Gasteiger partial charge is 0.409 e. The Morgan fingerprint density at radius 3 is 2.30 bits per heavy atom. The Kier molecular flexibility index (Phi) is 9.28. The highest BCUT2D eigenvalue weighted by Gasteiger charge is 2.22. The summed E-state index contributed by atoms with van der Waals surface area (Å²) in [5.41, 5.74) is 2.01. The van der Waals surface area contributed by atoms with Crippen LogP contribution in [0.4, 0.5) is 10.5 Å². The van der Waals surface area contributed by atoms with Gasteiger partial charge < -0.3 is 9.47 Å². The minimum atomic E-state index is -0.518. The lowest BCUT2D eigenvalue weighted by atomic mass is 9.86. The Morgan fingerprint density at radius 2 is 1.73 bits per heavy atom. The topological polar surface area (TPSA) is 90.7 Å². The SMILES string of the molecule is CCOC(C[C@H](Cc1ccc([N+](=O)[O-])cc1)C(C)C)NC(=O)OCc1ccccc1. The van der Waals surface area contributed by atoms with Gasteiger partial charge in [0.1, 0.15) is 12.8 Å². The first kappa shape index (κ1) is 23.3. The fourth-order valence-corrected chi connectivity index (χ4v) is 3.19. The second-order valence-corrected chi connectivity index (χ2v) is 7.52. The van der Waals surface area contributed by atoms with Gasteiger partial charge >= 0.3 is 6.09 Å². The third-order valence-electron chi connectivity index (χ3n) is 4.96. The number of carbonyl (C=O) groups is 1. The van der Waals surface area contributed by atoms with Crippen molar-refractivity contribution in [1.29, 1.82) is 0 Å². The second-order valence-electron chi connectivity index (χ2n) is 7.52. The van der Waals surface area contributed by atoms with E-state index in [2.05, 4.69) is 19.2 Å². The normalized spacial score (nSPS) is 12.9. The predicted octanol–water partition coefficient (Wildman–Crippen LogP) is 5.09. The molecule has 2 rings (SSSR count). The molecule has 2 atom stereocenters. The monoisotopic (exact) mass is 414 g/mol. The van der Waals surface area contributed by atoms with Gasteiger partial charge in [0.05, 0.1) is 4.92 Å². The number of rotatable bonds is 11. The molecular weight excluding hydrogens is 384 g/mol. The van der Waals surface area contributed by atoms with E-state index in [0.717, 1.165) is 17.5 Å². The van der Waals surface area contributed by atoms with Crippen LogP contribution in [0.2, 0.25) is 0 Å². The molecule has 1 amide bonds. The van der Waals surface area contributed by atoms with Crippen LogP contribution in [0.25, 0.3) is 0 Å². The van der Waals surface area contributed by atoms with Crippen LogP contribution in [-0.2, 0) is 22.5 Å². The fraction of sp³-hybridized carbons (Fsp3) is 0.435. The summed E-state index contributed by atoms with van der Waals surface area (Å²) >= 11 is 0. The predicted molar refractivity (Wildman–Crippen MR) is 115 cm³/mol. The van der Waals surface area contributed by atoms with Crippen LogP contribution < -0.4 is 5.32 Å². The number of nitrogens with one attached hydrogen (secondary N) is 1. The number of nitrogens with zero attached hydrogens (tertiary/aromatic N) is 1. The van der Waals surface area contributed by atoms with E-state index in [1.54, 1.807) is 12.1 Å². The lowest BCUT2D eigenvalue weighted by Crippen LogP contribution is -2.39. The van der Waals surface area contributed by atoms with Gasteiger partial charge in [0.15, 0.2) is 0 Å². The maximum Gasteiger partial charge on any atom is 0.409 e. The van der Waals surface area contributed by atoms with E-state index in [-0.39, 0.29) is 18.2 Å². The highest BCUT2D eigenvalue weighted by Crippen LogP contribution is 2.24. The van der Waals surface area contributed by atoms with Crippen LogP contribution in [0, 0.1) is 22.0 Å². The summed E-state index contributed by atoms with van der Waals surface area (Å²) in [4.78, 5) is 22.7. The number of nitro groups is 1. The number of non-ortho nitro benzene ring substituents is 1. The molecule has 7 nitrogen and oxygen atoms in total. The number of hydrogen-bond acceptors (Lipinski definition) is 5. The van der Waals surface area contributed by atoms with Crippen LogP contribution in [0.15, 0.2) is 54.6 Å². The summed E-state index contributed by atoms with van der Waals surface area (Å²) in [5, 5.41) is 13.7. The molecule has 0 saturated carbocycles. The molecular formula is C23H30N2O5. The first-order valence-corrected chi connectivity index (χ1v) is 10.2. The number of benzene rings is 2. The van der Waals surface area contributed by atoms with Crippen LogP contribution in [-0.4, -0.2) is 23.9 Å². The molecule has 0 radical (unpaired) electrons. The summed E-state index contributed by atoms with van der Waals surface area (Å²) in [7, 11) is 0.